The summed E-state index contributed by atoms with van der Waals surface area (Å²) in [6, 6.07) is 12.1. The molecule has 0 saturated heterocycles. The molecule has 92 valence electrons. The molecule has 0 aliphatic heterocycles. The van der Waals surface area contributed by atoms with E-state index in [1.54, 1.807) is 19.1 Å². The molecule has 0 bridgehead atoms. The van der Waals surface area contributed by atoms with Gasteiger partial charge in [-0.05, 0) is 58.7 Å². The standard InChI is InChI=1S/C14H12BrNO2/c1-9-8-10(17)6-7-11(9)14(18)16-13-5-3-2-4-12(13)15/h2-8,17H,1H3,(H,16,18). The van der Waals surface area contributed by atoms with Gasteiger partial charge >= 0.3 is 0 Å². The van der Waals surface area contributed by atoms with Gasteiger partial charge in [-0.1, -0.05) is 12.1 Å². The Morgan fingerprint density at radius 3 is 2.61 bits per heavy atom. The van der Waals surface area contributed by atoms with Crippen LogP contribution in [-0.2, 0) is 0 Å². The third-order valence-electron chi connectivity index (χ3n) is 2.58. The van der Waals surface area contributed by atoms with Crippen molar-refractivity contribution in [3.05, 3.63) is 58.1 Å². The van der Waals surface area contributed by atoms with E-state index < -0.39 is 0 Å². The van der Waals surface area contributed by atoms with Crippen LogP contribution in [0.3, 0.4) is 0 Å². The van der Waals surface area contributed by atoms with Crippen LogP contribution < -0.4 is 5.32 Å². The molecule has 0 aromatic heterocycles. The highest BCUT2D eigenvalue weighted by Gasteiger charge is 2.10. The minimum atomic E-state index is -0.195. The number of aryl methyl sites for hydroxylation is 1. The maximum Gasteiger partial charge on any atom is 0.255 e. The van der Waals surface area contributed by atoms with Crippen LogP contribution in [0.15, 0.2) is 46.9 Å². The number of phenolic OH excluding ortho intramolecular Hbond substituents is 1. The van der Waals surface area contributed by atoms with E-state index in [2.05, 4.69) is 21.2 Å². The van der Waals surface area contributed by atoms with Gasteiger partial charge in [0, 0.05) is 10.0 Å². The Hall–Kier alpha value is -1.81. The normalized spacial score (nSPS) is 10.1. The minimum Gasteiger partial charge on any atom is -0.508 e. The van der Waals surface area contributed by atoms with Gasteiger partial charge < -0.3 is 10.4 Å². The van der Waals surface area contributed by atoms with E-state index >= 15 is 0 Å². The quantitative estimate of drug-likeness (QED) is 0.888. The number of carbonyl (C=O) groups is 1. The number of amides is 1. The second kappa shape index (κ2) is 5.23. The summed E-state index contributed by atoms with van der Waals surface area (Å²) in [6.45, 7) is 1.79. The Morgan fingerprint density at radius 2 is 1.94 bits per heavy atom. The number of hydrogen-bond donors (Lipinski definition) is 2. The molecule has 18 heavy (non-hydrogen) atoms. The molecule has 0 spiro atoms. The third kappa shape index (κ3) is 2.71. The maximum absolute atomic E-state index is 12.1. The van der Waals surface area contributed by atoms with Gasteiger partial charge in [-0.2, -0.15) is 0 Å². The Balaban J connectivity index is 2.25. The van der Waals surface area contributed by atoms with Crippen molar-refractivity contribution < 1.29 is 9.90 Å². The van der Waals surface area contributed by atoms with Crippen LogP contribution in [0.4, 0.5) is 5.69 Å². The second-order valence-electron chi connectivity index (χ2n) is 3.93. The Labute approximate surface area is 114 Å². The predicted molar refractivity (Wildman–Crippen MR) is 74.9 cm³/mol. The van der Waals surface area contributed by atoms with Crippen molar-refractivity contribution in [1.82, 2.24) is 0 Å². The molecule has 2 aromatic rings. The number of rotatable bonds is 2. The van der Waals surface area contributed by atoms with Crippen LogP contribution in [0.25, 0.3) is 0 Å². The van der Waals surface area contributed by atoms with Gasteiger partial charge in [0.05, 0.1) is 5.69 Å². The smallest absolute Gasteiger partial charge is 0.255 e. The molecule has 0 unspecified atom stereocenters. The molecule has 0 aliphatic rings. The number of para-hydroxylation sites is 1. The van der Waals surface area contributed by atoms with Crippen molar-refractivity contribution in [3.8, 4) is 5.75 Å². The first-order valence-corrected chi connectivity index (χ1v) is 6.23. The summed E-state index contributed by atoms with van der Waals surface area (Å²) in [7, 11) is 0. The topological polar surface area (TPSA) is 49.3 Å². The first kappa shape index (κ1) is 12.6. The maximum atomic E-state index is 12.1. The van der Waals surface area contributed by atoms with Crippen molar-refractivity contribution in [3.63, 3.8) is 0 Å². The number of aromatic hydroxyl groups is 1. The third-order valence-corrected chi connectivity index (χ3v) is 3.27. The van der Waals surface area contributed by atoms with Crippen molar-refractivity contribution in [1.29, 1.82) is 0 Å². The van der Waals surface area contributed by atoms with Crippen LogP contribution in [-0.4, -0.2) is 11.0 Å². The number of nitrogens with one attached hydrogen (secondary N) is 1. The largest absolute Gasteiger partial charge is 0.508 e. The SMILES string of the molecule is Cc1cc(O)ccc1C(=O)Nc1ccccc1Br. The zero-order valence-electron chi connectivity index (χ0n) is 9.77. The molecule has 1 amide bonds. The fourth-order valence-electron chi connectivity index (χ4n) is 1.65. The Morgan fingerprint density at radius 1 is 1.22 bits per heavy atom. The van der Waals surface area contributed by atoms with Gasteiger partial charge in [0.1, 0.15) is 5.75 Å². The van der Waals surface area contributed by atoms with Gasteiger partial charge in [0.25, 0.3) is 5.91 Å². The summed E-state index contributed by atoms with van der Waals surface area (Å²) in [5.41, 5.74) is 2.00. The molecular weight excluding hydrogens is 294 g/mol. The van der Waals surface area contributed by atoms with Gasteiger partial charge in [-0.25, -0.2) is 0 Å². The van der Waals surface area contributed by atoms with E-state index in [4.69, 9.17) is 0 Å². The molecular formula is C14H12BrNO2. The first-order chi connectivity index (χ1) is 8.58. The van der Waals surface area contributed by atoms with Crippen LogP contribution in [0, 0.1) is 6.92 Å². The molecule has 0 atom stereocenters. The monoisotopic (exact) mass is 305 g/mol. The van der Waals surface area contributed by atoms with Crippen LogP contribution in [0.2, 0.25) is 0 Å². The van der Waals surface area contributed by atoms with Crippen molar-refractivity contribution in [2.24, 2.45) is 0 Å². The van der Waals surface area contributed by atoms with Crippen molar-refractivity contribution >= 4 is 27.5 Å². The summed E-state index contributed by atoms with van der Waals surface area (Å²) in [4.78, 5) is 12.1. The lowest BCUT2D eigenvalue weighted by Gasteiger charge is -2.09. The number of halogens is 1. The van der Waals surface area contributed by atoms with E-state index in [0.717, 1.165) is 15.7 Å². The van der Waals surface area contributed by atoms with Gasteiger partial charge in [-0.15, -0.1) is 0 Å². The average Bonchev–Trinajstić information content (AvgIpc) is 2.32. The van der Waals surface area contributed by atoms with E-state index in [1.807, 2.05) is 24.3 Å². The predicted octanol–water partition coefficient (Wildman–Crippen LogP) is 3.72. The molecule has 0 fully saturated rings. The second-order valence-corrected chi connectivity index (χ2v) is 4.79. The van der Waals surface area contributed by atoms with Crippen molar-refractivity contribution in [2.45, 2.75) is 6.92 Å². The van der Waals surface area contributed by atoms with Crippen molar-refractivity contribution in [2.75, 3.05) is 5.32 Å². The molecule has 3 nitrogen and oxygen atoms in total. The summed E-state index contributed by atoms with van der Waals surface area (Å²) in [6.07, 6.45) is 0. The molecule has 2 rings (SSSR count). The minimum absolute atomic E-state index is 0.157. The highest BCUT2D eigenvalue weighted by atomic mass is 79.9. The van der Waals surface area contributed by atoms with Crippen LogP contribution >= 0.6 is 15.9 Å². The van der Waals surface area contributed by atoms with Gasteiger partial charge in [0.2, 0.25) is 0 Å². The number of phenols is 1. The fraction of sp³-hybridized carbons (Fsp3) is 0.0714. The van der Waals surface area contributed by atoms with E-state index in [1.165, 1.54) is 6.07 Å². The van der Waals surface area contributed by atoms with Crippen LogP contribution in [0.1, 0.15) is 15.9 Å². The zero-order chi connectivity index (χ0) is 13.1. The van der Waals surface area contributed by atoms with Crippen LogP contribution in [0.5, 0.6) is 5.75 Å². The average molecular weight is 306 g/mol. The number of hydrogen-bond acceptors (Lipinski definition) is 2. The lowest BCUT2D eigenvalue weighted by Crippen LogP contribution is -2.13. The summed E-state index contributed by atoms with van der Waals surface area (Å²) in [5, 5.41) is 12.1. The molecule has 0 radical (unpaired) electrons. The molecule has 2 N–H and O–H groups in total. The highest BCUT2D eigenvalue weighted by Crippen LogP contribution is 2.23. The summed E-state index contributed by atoms with van der Waals surface area (Å²) >= 11 is 3.37. The fourth-order valence-corrected chi connectivity index (χ4v) is 2.04. The van der Waals surface area contributed by atoms with E-state index in [9.17, 15) is 9.90 Å². The van der Waals surface area contributed by atoms with E-state index in [-0.39, 0.29) is 11.7 Å². The molecule has 0 saturated carbocycles. The summed E-state index contributed by atoms with van der Waals surface area (Å²) < 4.78 is 0.829. The van der Waals surface area contributed by atoms with Gasteiger partial charge in [0.15, 0.2) is 0 Å². The van der Waals surface area contributed by atoms with Gasteiger partial charge in [-0.3, -0.25) is 4.79 Å². The summed E-state index contributed by atoms with van der Waals surface area (Å²) in [5.74, 6) is -0.0376. The lowest BCUT2D eigenvalue weighted by atomic mass is 10.1. The lowest BCUT2D eigenvalue weighted by molar-refractivity contribution is 0.102. The highest BCUT2D eigenvalue weighted by molar-refractivity contribution is 9.10. The number of carbonyl (C=O) groups excluding carboxylic acids is 1. The van der Waals surface area contributed by atoms with E-state index in [0.29, 0.717) is 5.56 Å². The Bertz CT molecular complexity index is 596. The first-order valence-electron chi connectivity index (χ1n) is 5.43. The molecule has 0 aliphatic carbocycles. The molecule has 2 aromatic carbocycles. The molecule has 0 heterocycles. The molecule has 4 heteroatoms. The number of benzene rings is 2. The Kier molecular flexibility index (Phi) is 3.67. The number of anilines is 1. The zero-order valence-corrected chi connectivity index (χ0v) is 11.4.